The van der Waals surface area contributed by atoms with Gasteiger partial charge < -0.3 is 9.47 Å². The second kappa shape index (κ2) is 17.1. The molecule has 0 bridgehead atoms. The second-order valence-corrected chi connectivity index (χ2v) is 7.88. The zero-order chi connectivity index (χ0) is 19.6. The lowest BCUT2D eigenvalue weighted by Gasteiger charge is -2.08. The summed E-state index contributed by atoms with van der Waals surface area (Å²) in [5.74, 6) is 0.578. The first-order chi connectivity index (χ1) is 13.3. The van der Waals surface area contributed by atoms with E-state index >= 15 is 0 Å². The van der Waals surface area contributed by atoms with Gasteiger partial charge in [0.05, 0.1) is 18.8 Å². The normalized spacial score (nSPS) is 10.7. The van der Waals surface area contributed by atoms with E-state index in [0.717, 1.165) is 36.9 Å². The standard InChI is InChI=1S/C23H37BrO3/c1-2-3-4-5-6-7-9-12-19-26-22-16-14-21(15-17-22)23(25)27-20-13-10-8-11-18-24/h14-17H,2-13,18-20H2,1H3. The fraction of sp³-hybridized carbons (Fsp3) is 0.696. The molecule has 3 nitrogen and oxygen atoms in total. The van der Waals surface area contributed by atoms with Gasteiger partial charge in [-0.05, 0) is 43.5 Å². The highest BCUT2D eigenvalue weighted by molar-refractivity contribution is 9.09. The molecule has 0 aliphatic heterocycles. The van der Waals surface area contributed by atoms with Crippen molar-refractivity contribution in [2.24, 2.45) is 0 Å². The second-order valence-electron chi connectivity index (χ2n) is 7.09. The molecule has 0 atom stereocenters. The lowest BCUT2D eigenvalue weighted by molar-refractivity contribution is 0.0498. The number of rotatable bonds is 17. The summed E-state index contributed by atoms with van der Waals surface area (Å²) in [5, 5.41) is 1.04. The molecule has 0 unspecified atom stereocenters. The van der Waals surface area contributed by atoms with Crippen molar-refractivity contribution >= 4 is 21.9 Å². The molecule has 0 aliphatic carbocycles. The number of benzene rings is 1. The Morgan fingerprint density at radius 1 is 0.778 bits per heavy atom. The molecule has 154 valence electrons. The van der Waals surface area contributed by atoms with Crippen LogP contribution >= 0.6 is 15.9 Å². The van der Waals surface area contributed by atoms with Crippen molar-refractivity contribution in [1.29, 1.82) is 0 Å². The molecule has 0 fully saturated rings. The van der Waals surface area contributed by atoms with Gasteiger partial charge in [0.25, 0.3) is 0 Å². The fourth-order valence-corrected chi connectivity index (χ4v) is 3.31. The summed E-state index contributed by atoms with van der Waals surface area (Å²) in [6.07, 6.45) is 14.7. The number of unbranched alkanes of at least 4 members (excludes halogenated alkanes) is 10. The molecule has 0 radical (unpaired) electrons. The van der Waals surface area contributed by atoms with Gasteiger partial charge in [-0.2, -0.15) is 0 Å². The summed E-state index contributed by atoms with van der Waals surface area (Å²) >= 11 is 3.42. The molecule has 4 heteroatoms. The van der Waals surface area contributed by atoms with E-state index in [0.29, 0.717) is 12.2 Å². The number of carbonyl (C=O) groups excluding carboxylic acids is 1. The van der Waals surface area contributed by atoms with Crippen molar-refractivity contribution in [2.75, 3.05) is 18.5 Å². The number of esters is 1. The average molecular weight is 441 g/mol. The highest BCUT2D eigenvalue weighted by atomic mass is 79.9. The van der Waals surface area contributed by atoms with Crippen molar-refractivity contribution in [3.05, 3.63) is 29.8 Å². The van der Waals surface area contributed by atoms with Gasteiger partial charge in [-0.1, -0.05) is 80.6 Å². The first kappa shape index (κ1) is 24.0. The van der Waals surface area contributed by atoms with Crippen molar-refractivity contribution in [2.45, 2.75) is 84.0 Å². The molecule has 0 aliphatic rings. The number of hydrogen-bond acceptors (Lipinski definition) is 3. The molecule has 0 spiro atoms. The first-order valence-corrected chi connectivity index (χ1v) is 11.9. The molecule has 1 aromatic rings. The third kappa shape index (κ3) is 12.9. The minimum atomic E-state index is -0.245. The van der Waals surface area contributed by atoms with E-state index in [9.17, 15) is 4.79 Å². The van der Waals surface area contributed by atoms with E-state index in [2.05, 4.69) is 22.9 Å². The van der Waals surface area contributed by atoms with E-state index in [1.807, 2.05) is 12.1 Å². The SMILES string of the molecule is CCCCCCCCCCOc1ccc(C(=O)OCCCCCCBr)cc1. The van der Waals surface area contributed by atoms with Crippen LogP contribution < -0.4 is 4.74 Å². The third-order valence-electron chi connectivity index (χ3n) is 4.62. The minimum absolute atomic E-state index is 0.245. The molecule has 1 aromatic carbocycles. The highest BCUT2D eigenvalue weighted by Crippen LogP contribution is 2.15. The molecule has 0 saturated heterocycles. The predicted octanol–water partition coefficient (Wildman–Crippen LogP) is 7.32. The van der Waals surface area contributed by atoms with Crippen LogP contribution in [-0.2, 0) is 4.74 Å². The molecule has 1 rings (SSSR count). The van der Waals surface area contributed by atoms with Crippen LogP contribution in [0.5, 0.6) is 5.75 Å². The maximum atomic E-state index is 12.0. The number of hydrogen-bond donors (Lipinski definition) is 0. The lowest BCUT2D eigenvalue weighted by atomic mass is 10.1. The topological polar surface area (TPSA) is 35.5 Å². The van der Waals surface area contributed by atoms with Gasteiger partial charge in [0.2, 0.25) is 0 Å². The van der Waals surface area contributed by atoms with Gasteiger partial charge in [-0.15, -0.1) is 0 Å². The quantitative estimate of drug-likeness (QED) is 0.144. The number of ether oxygens (including phenoxy) is 2. The number of halogens is 1. The van der Waals surface area contributed by atoms with E-state index in [1.165, 1.54) is 57.8 Å². The van der Waals surface area contributed by atoms with Crippen molar-refractivity contribution in [3.8, 4) is 5.75 Å². The van der Waals surface area contributed by atoms with Gasteiger partial charge in [-0.25, -0.2) is 4.79 Å². The summed E-state index contributed by atoms with van der Waals surface area (Å²) in [6, 6.07) is 7.29. The highest BCUT2D eigenvalue weighted by Gasteiger charge is 2.07. The Bertz CT molecular complexity index is 473. The molecule has 0 saturated carbocycles. The first-order valence-electron chi connectivity index (χ1n) is 10.7. The Labute approximate surface area is 174 Å². The van der Waals surface area contributed by atoms with Crippen molar-refractivity contribution < 1.29 is 14.3 Å². The van der Waals surface area contributed by atoms with E-state index in [1.54, 1.807) is 12.1 Å². The van der Waals surface area contributed by atoms with E-state index in [-0.39, 0.29) is 5.97 Å². The number of alkyl halides is 1. The van der Waals surface area contributed by atoms with Crippen LogP contribution in [0.1, 0.15) is 94.3 Å². The third-order valence-corrected chi connectivity index (χ3v) is 5.18. The lowest BCUT2D eigenvalue weighted by Crippen LogP contribution is -2.06. The van der Waals surface area contributed by atoms with Gasteiger partial charge >= 0.3 is 5.97 Å². The summed E-state index contributed by atoms with van der Waals surface area (Å²) in [6.45, 7) is 3.49. The van der Waals surface area contributed by atoms with Gasteiger partial charge in [-0.3, -0.25) is 0 Å². The molecule has 0 heterocycles. The Hall–Kier alpha value is -1.03. The van der Waals surface area contributed by atoms with E-state index in [4.69, 9.17) is 9.47 Å². The van der Waals surface area contributed by atoms with Gasteiger partial charge in [0, 0.05) is 5.33 Å². The molecule has 27 heavy (non-hydrogen) atoms. The molecule has 0 amide bonds. The van der Waals surface area contributed by atoms with Crippen LogP contribution in [-0.4, -0.2) is 24.5 Å². The maximum Gasteiger partial charge on any atom is 0.338 e. The summed E-state index contributed by atoms with van der Waals surface area (Å²) in [4.78, 5) is 12.0. The Balaban J connectivity index is 2.08. The van der Waals surface area contributed by atoms with Gasteiger partial charge in [0.1, 0.15) is 5.75 Å². The van der Waals surface area contributed by atoms with Crippen LogP contribution in [0.4, 0.5) is 0 Å². The number of carbonyl (C=O) groups is 1. The molecular formula is C23H37BrO3. The molecular weight excluding hydrogens is 404 g/mol. The summed E-state index contributed by atoms with van der Waals surface area (Å²) in [5.41, 5.74) is 0.592. The Morgan fingerprint density at radius 3 is 1.96 bits per heavy atom. The zero-order valence-corrected chi connectivity index (χ0v) is 18.6. The monoisotopic (exact) mass is 440 g/mol. The maximum absolute atomic E-state index is 12.0. The summed E-state index contributed by atoms with van der Waals surface area (Å²) in [7, 11) is 0. The summed E-state index contributed by atoms with van der Waals surface area (Å²) < 4.78 is 11.1. The fourth-order valence-electron chi connectivity index (χ4n) is 2.91. The molecule has 0 aromatic heterocycles. The largest absolute Gasteiger partial charge is 0.494 e. The van der Waals surface area contributed by atoms with E-state index < -0.39 is 0 Å². The smallest absolute Gasteiger partial charge is 0.338 e. The average Bonchev–Trinajstić information content (AvgIpc) is 2.69. The Kier molecular flexibility index (Phi) is 15.2. The van der Waals surface area contributed by atoms with Gasteiger partial charge in [0.15, 0.2) is 0 Å². The van der Waals surface area contributed by atoms with Crippen LogP contribution in [0, 0.1) is 0 Å². The predicted molar refractivity (Wildman–Crippen MR) is 117 cm³/mol. The van der Waals surface area contributed by atoms with Crippen molar-refractivity contribution in [1.82, 2.24) is 0 Å². The Morgan fingerprint density at radius 2 is 1.33 bits per heavy atom. The zero-order valence-electron chi connectivity index (χ0n) is 17.0. The van der Waals surface area contributed by atoms with Crippen LogP contribution in [0.25, 0.3) is 0 Å². The van der Waals surface area contributed by atoms with Crippen molar-refractivity contribution in [3.63, 3.8) is 0 Å². The molecule has 0 N–H and O–H groups in total. The minimum Gasteiger partial charge on any atom is -0.494 e. The van der Waals surface area contributed by atoms with Crippen LogP contribution in [0.3, 0.4) is 0 Å². The van der Waals surface area contributed by atoms with Crippen LogP contribution in [0.15, 0.2) is 24.3 Å². The van der Waals surface area contributed by atoms with Crippen LogP contribution in [0.2, 0.25) is 0 Å².